The molecule has 0 saturated carbocycles. The predicted molar refractivity (Wildman–Crippen MR) is 62.2 cm³/mol. The van der Waals surface area contributed by atoms with Gasteiger partial charge in [-0.1, -0.05) is 13.3 Å². The molecule has 0 spiro atoms. The van der Waals surface area contributed by atoms with Crippen molar-refractivity contribution >= 4 is 0 Å². The number of ether oxygens (including phenoxy) is 2. The minimum absolute atomic E-state index is 0.513. The molecule has 90 valence electrons. The van der Waals surface area contributed by atoms with Crippen LogP contribution in [0, 0.1) is 0 Å². The fourth-order valence-corrected chi connectivity index (χ4v) is 1.75. The molecule has 0 aromatic rings. The van der Waals surface area contributed by atoms with E-state index in [0.29, 0.717) is 6.10 Å². The molecule has 1 fully saturated rings. The molecule has 1 rings (SSSR count). The maximum atomic E-state index is 5.54. The molecule has 1 heterocycles. The van der Waals surface area contributed by atoms with Gasteiger partial charge in [0.1, 0.15) is 0 Å². The average molecular weight is 215 g/mol. The molecule has 1 saturated heterocycles. The van der Waals surface area contributed by atoms with Crippen LogP contribution in [0.2, 0.25) is 0 Å². The normalized spacial score (nSPS) is 21.0. The second kappa shape index (κ2) is 9.13. The molecule has 0 aliphatic carbocycles. The van der Waals surface area contributed by atoms with Crippen LogP contribution < -0.4 is 5.32 Å². The Morgan fingerprint density at radius 2 is 2.27 bits per heavy atom. The Balaban J connectivity index is 1.73. The maximum Gasteiger partial charge on any atom is 0.0590 e. The minimum atomic E-state index is 0.513. The standard InChI is InChI=1S/C12H25NO2/c1-2-3-9-14-11-8-13-7-6-12-5-4-10-15-12/h12-13H,2-11H2,1H3. The zero-order valence-electron chi connectivity index (χ0n) is 9.96. The third-order valence-corrected chi connectivity index (χ3v) is 2.73. The second-order valence-corrected chi connectivity index (χ2v) is 4.14. The molecule has 1 aliphatic rings. The summed E-state index contributed by atoms with van der Waals surface area (Å²) < 4.78 is 11.0. The van der Waals surface area contributed by atoms with Crippen molar-refractivity contribution in [3.05, 3.63) is 0 Å². The van der Waals surface area contributed by atoms with Crippen molar-refractivity contribution in [1.82, 2.24) is 5.32 Å². The first kappa shape index (κ1) is 12.9. The molecule has 0 bridgehead atoms. The highest BCUT2D eigenvalue weighted by Crippen LogP contribution is 2.14. The Hall–Kier alpha value is -0.120. The summed E-state index contributed by atoms with van der Waals surface area (Å²) in [6.45, 7) is 6.92. The van der Waals surface area contributed by atoms with Gasteiger partial charge in [-0.3, -0.25) is 0 Å². The lowest BCUT2D eigenvalue weighted by Gasteiger charge is -2.10. The lowest BCUT2D eigenvalue weighted by molar-refractivity contribution is 0.102. The van der Waals surface area contributed by atoms with E-state index >= 15 is 0 Å². The van der Waals surface area contributed by atoms with E-state index in [1.165, 1.54) is 25.7 Å². The fourth-order valence-electron chi connectivity index (χ4n) is 1.75. The van der Waals surface area contributed by atoms with Gasteiger partial charge in [0, 0.05) is 19.8 Å². The molecular formula is C12H25NO2. The third kappa shape index (κ3) is 6.88. The van der Waals surface area contributed by atoms with Gasteiger partial charge in [0.05, 0.1) is 12.7 Å². The van der Waals surface area contributed by atoms with Crippen LogP contribution in [0.4, 0.5) is 0 Å². The predicted octanol–water partition coefficient (Wildman–Crippen LogP) is 1.96. The number of nitrogens with one attached hydrogen (secondary N) is 1. The van der Waals surface area contributed by atoms with Crippen LogP contribution in [0.5, 0.6) is 0 Å². The molecule has 1 atom stereocenters. The fraction of sp³-hybridized carbons (Fsp3) is 1.00. The van der Waals surface area contributed by atoms with Gasteiger partial charge in [-0.05, 0) is 32.2 Å². The van der Waals surface area contributed by atoms with Crippen LogP contribution in [-0.2, 0) is 9.47 Å². The van der Waals surface area contributed by atoms with E-state index < -0.39 is 0 Å². The molecular weight excluding hydrogens is 190 g/mol. The van der Waals surface area contributed by atoms with Crippen LogP contribution in [0.25, 0.3) is 0 Å². The number of hydrogen-bond donors (Lipinski definition) is 1. The van der Waals surface area contributed by atoms with Crippen molar-refractivity contribution in [1.29, 1.82) is 0 Å². The van der Waals surface area contributed by atoms with Gasteiger partial charge in [0.25, 0.3) is 0 Å². The van der Waals surface area contributed by atoms with E-state index in [-0.39, 0.29) is 0 Å². The number of unbranched alkanes of at least 4 members (excludes halogenated alkanes) is 1. The van der Waals surface area contributed by atoms with E-state index in [2.05, 4.69) is 12.2 Å². The lowest BCUT2D eigenvalue weighted by Crippen LogP contribution is -2.24. The van der Waals surface area contributed by atoms with Crippen molar-refractivity contribution in [3.63, 3.8) is 0 Å². The second-order valence-electron chi connectivity index (χ2n) is 4.14. The first-order valence-electron chi connectivity index (χ1n) is 6.33. The SMILES string of the molecule is CCCCOCCNCCC1CCCO1. The summed E-state index contributed by atoms with van der Waals surface area (Å²) in [6.07, 6.45) is 6.54. The van der Waals surface area contributed by atoms with Gasteiger partial charge < -0.3 is 14.8 Å². The van der Waals surface area contributed by atoms with Crippen molar-refractivity contribution in [2.24, 2.45) is 0 Å². The summed E-state index contributed by atoms with van der Waals surface area (Å²) in [5.74, 6) is 0. The number of rotatable bonds is 9. The zero-order chi connectivity index (χ0) is 10.8. The molecule has 1 unspecified atom stereocenters. The first-order valence-corrected chi connectivity index (χ1v) is 6.33. The van der Waals surface area contributed by atoms with E-state index in [9.17, 15) is 0 Å². The molecule has 0 aromatic heterocycles. The Bertz CT molecular complexity index is 136. The van der Waals surface area contributed by atoms with Crippen LogP contribution in [0.1, 0.15) is 39.0 Å². The quantitative estimate of drug-likeness (QED) is 0.596. The Morgan fingerprint density at radius 3 is 3.00 bits per heavy atom. The van der Waals surface area contributed by atoms with E-state index in [1.54, 1.807) is 0 Å². The van der Waals surface area contributed by atoms with Crippen molar-refractivity contribution < 1.29 is 9.47 Å². The molecule has 3 heteroatoms. The van der Waals surface area contributed by atoms with Crippen molar-refractivity contribution in [2.75, 3.05) is 32.9 Å². The Labute approximate surface area is 93.5 Å². The summed E-state index contributed by atoms with van der Waals surface area (Å²) in [5, 5.41) is 3.38. The van der Waals surface area contributed by atoms with Crippen molar-refractivity contribution in [3.8, 4) is 0 Å². The van der Waals surface area contributed by atoms with Gasteiger partial charge in [-0.2, -0.15) is 0 Å². The highest BCUT2D eigenvalue weighted by atomic mass is 16.5. The monoisotopic (exact) mass is 215 g/mol. The molecule has 15 heavy (non-hydrogen) atoms. The third-order valence-electron chi connectivity index (χ3n) is 2.73. The highest BCUT2D eigenvalue weighted by molar-refractivity contribution is 4.65. The molecule has 0 amide bonds. The molecule has 1 N–H and O–H groups in total. The summed E-state index contributed by atoms with van der Waals surface area (Å²) in [4.78, 5) is 0. The highest BCUT2D eigenvalue weighted by Gasteiger charge is 2.13. The van der Waals surface area contributed by atoms with Gasteiger partial charge in [0.2, 0.25) is 0 Å². The zero-order valence-corrected chi connectivity index (χ0v) is 9.96. The number of hydrogen-bond acceptors (Lipinski definition) is 3. The molecule has 0 radical (unpaired) electrons. The summed E-state index contributed by atoms with van der Waals surface area (Å²) >= 11 is 0. The Kier molecular flexibility index (Phi) is 7.88. The van der Waals surface area contributed by atoms with Gasteiger partial charge in [0.15, 0.2) is 0 Å². The maximum absolute atomic E-state index is 5.54. The van der Waals surface area contributed by atoms with Gasteiger partial charge in [-0.15, -0.1) is 0 Å². The van der Waals surface area contributed by atoms with Crippen LogP contribution in [-0.4, -0.2) is 39.0 Å². The minimum Gasteiger partial charge on any atom is -0.380 e. The van der Waals surface area contributed by atoms with Crippen molar-refractivity contribution in [2.45, 2.75) is 45.1 Å². The summed E-state index contributed by atoms with van der Waals surface area (Å²) in [6, 6.07) is 0. The van der Waals surface area contributed by atoms with E-state index in [0.717, 1.165) is 39.3 Å². The molecule has 0 aromatic carbocycles. The smallest absolute Gasteiger partial charge is 0.0590 e. The summed E-state index contributed by atoms with van der Waals surface area (Å²) in [5.41, 5.74) is 0. The average Bonchev–Trinajstić information content (AvgIpc) is 2.75. The van der Waals surface area contributed by atoms with Crippen LogP contribution in [0.15, 0.2) is 0 Å². The lowest BCUT2D eigenvalue weighted by atomic mass is 10.2. The van der Waals surface area contributed by atoms with Gasteiger partial charge >= 0.3 is 0 Å². The summed E-state index contributed by atoms with van der Waals surface area (Å²) in [7, 11) is 0. The molecule has 1 aliphatic heterocycles. The first-order chi connectivity index (χ1) is 7.43. The van der Waals surface area contributed by atoms with E-state index in [1.807, 2.05) is 0 Å². The Morgan fingerprint density at radius 1 is 1.33 bits per heavy atom. The molecule has 3 nitrogen and oxygen atoms in total. The largest absolute Gasteiger partial charge is 0.380 e. The van der Waals surface area contributed by atoms with Gasteiger partial charge in [-0.25, -0.2) is 0 Å². The van der Waals surface area contributed by atoms with E-state index in [4.69, 9.17) is 9.47 Å². The van der Waals surface area contributed by atoms with Crippen LogP contribution >= 0.6 is 0 Å². The van der Waals surface area contributed by atoms with Crippen LogP contribution in [0.3, 0.4) is 0 Å². The topological polar surface area (TPSA) is 30.5 Å².